The van der Waals surface area contributed by atoms with Crippen LogP contribution in [0.4, 0.5) is 13.2 Å². The lowest BCUT2D eigenvalue weighted by atomic mass is 10.1. The molecule has 108 valence electrons. The Bertz CT molecular complexity index is 542. The van der Waals surface area contributed by atoms with Crippen LogP contribution in [-0.2, 0) is 11.3 Å². The average Bonchev–Trinajstić information content (AvgIpc) is 2.86. The minimum absolute atomic E-state index is 0.0237. The third kappa shape index (κ3) is 4.04. The molecule has 8 heteroatoms. The van der Waals surface area contributed by atoms with Crippen molar-refractivity contribution in [2.45, 2.75) is 18.8 Å². The monoisotopic (exact) mass is 287 g/mol. The summed E-state index contributed by atoms with van der Waals surface area (Å²) in [6.07, 6.45) is -4.38. The van der Waals surface area contributed by atoms with E-state index in [9.17, 15) is 13.2 Å². The van der Waals surface area contributed by atoms with E-state index in [4.69, 9.17) is 10.3 Å². The SMILES string of the molecule is N[C@@H](c1ccccc1)c1nc(COCC(F)(F)F)no1. The molecule has 0 amide bonds. The van der Waals surface area contributed by atoms with Crippen LogP contribution in [0, 0.1) is 0 Å². The van der Waals surface area contributed by atoms with E-state index in [-0.39, 0.29) is 18.3 Å². The number of ether oxygens (including phenoxy) is 1. The van der Waals surface area contributed by atoms with Gasteiger partial charge in [-0.25, -0.2) is 0 Å². The minimum atomic E-state index is -4.38. The van der Waals surface area contributed by atoms with Gasteiger partial charge in [0.15, 0.2) is 5.82 Å². The van der Waals surface area contributed by atoms with E-state index in [0.717, 1.165) is 5.56 Å². The fourth-order valence-electron chi connectivity index (χ4n) is 1.51. The van der Waals surface area contributed by atoms with Gasteiger partial charge in [-0.15, -0.1) is 0 Å². The van der Waals surface area contributed by atoms with E-state index in [1.807, 2.05) is 6.07 Å². The van der Waals surface area contributed by atoms with Crippen molar-refractivity contribution >= 4 is 0 Å². The zero-order chi connectivity index (χ0) is 14.6. The van der Waals surface area contributed by atoms with Gasteiger partial charge in [-0.05, 0) is 5.56 Å². The topological polar surface area (TPSA) is 74.2 Å². The molecular formula is C12H12F3N3O2. The van der Waals surface area contributed by atoms with Crippen molar-refractivity contribution in [1.29, 1.82) is 0 Å². The van der Waals surface area contributed by atoms with Crippen LogP contribution in [0.3, 0.4) is 0 Å². The van der Waals surface area contributed by atoms with Crippen molar-refractivity contribution in [3.05, 3.63) is 47.6 Å². The van der Waals surface area contributed by atoms with E-state index < -0.39 is 18.8 Å². The lowest BCUT2D eigenvalue weighted by molar-refractivity contribution is -0.177. The van der Waals surface area contributed by atoms with Gasteiger partial charge in [0, 0.05) is 0 Å². The van der Waals surface area contributed by atoms with E-state index in [1.54, 1.807) is 24.3 Å². The van der Waals surface area contributed by atoms with Gasteiger partial charge < -0.3 is 15.0 Å². The summed E-state index contributed by atoms with van der Waals surface area (Å²) in [6, 6.07) is 8.39. The molecule has 2 rings (SSSR count). The van der Waals surface area contributed by atoms with Crippen molar-refractivity contribution < 1.29 is 22.4 Å². The Balaban J connectivity index is 1.95. The average molecular weight is 287 g/mol. The maximum absolute atomic E-state index is 11.9. The van der Waals surface area contributed by atoms with Crippen molar-refractivity contribution in [3.63, 3.8) is 0 Å². The summed E-state index contributed by atoms with van der Waals surface area (Å²) in [4.78, 5) is 3.91. The summed E-state index contributed by atoms with van der Waals surface area (Å²) >= 11 is 0. The highest BCUT2D eigenvalue weighted by Crippen LogP contribution is 2.18. The van der Waals surface area contributed by atoms with E-state index >= 15 is 0 Å². The molecule has 2 aromatic rings. The molecule has 2 N–H and O–H groups in total. The minimum Gasteiger partial charge on any atom is -0.364 e. The van der Waals surface area contributed by atoms with Crippen LogP contribution in [0.5, 0.6) is 0 Å². The highest BCUT2D eigenvalue weighted by molar-refractivity contribution is 5.22. The molecule has 1 heterocycles. The first-order chi connectivity index (χ1) is 9.46. The van der Waals surface area contributed by atoms with Crippen LogP contribution < -0.4 is 5.73 Å². The Morgan fingerprint density at radius 1 is 1.25 bits per heavy atom. The van der Waals surface area contributed by atoms with Gasteiger partial charge in [0.25, 0.3) is 0 Å². The molecule has 0 radical (unpaired) electrons. The summed E-state index contributed by atoms with van der Waals surface area (Å²) < 4.78 is 45.1. The number of alkyl halides is 3. The Hall–Kier alpha value is -1.93. The lowest BCUT2D eigenvalue weighted by Crippen LogP contribution is -2.17. The second-order valence-corrected chi connectivity index (χ2v) is 4.05. The third-order valence-electron chi connectivity index (χ3n) is 2.41. The zero-order valence-electron chi connectivity index (χ0n) is 10.3. The Morgan fingerprint density at radius 2 is 1.95 bits per heavy atom. The van der Waals surface area contributed by atoms with Crippen LogP contribution in [0.1, 0.15) is 23.3 Å². The lowest BCUT2D eigenvalue weighted by Gasteiger charge is -2.06. The Morgan fingerprint density at radius 3 is 2.60 bits per heavy atom. The van der Waals surface area contributed by atoms with Gasteiger partial charge in [-0.3, -0.25) is 0 Å². The van der Waals surface area contributed by atoms with Crippen molar-refractivity contribution in [2.75, 3.05) is 6.61 Å². The summed E-state index contributed by atoms with van der Waals surface area (Å²) in [5.41, 5.74) is 6.67. The second-order valence-electron chi connectivity index (χ2n) is 4.05. The third-order valence-corrected chi connectivity index (χ3v) is 2.41. The number of hydrogen-bond donors (Lipinski definition) is 1. The highest BCUT2D eigenvalue weighted by Gasteiger charge is 2.27. The Labute approximate surface area is 112 Å². The predicted molar refractivity (Wildman–Crippen MR) is 62.5 cm³/mol. The molecule has 0 aliphatic heterocycles. The molecule has 5 nitrogen and oxygen atoms in total. The number of halogens is 3. The van der Waals surface area contributed by atoms with Crippen LogP contribution in [0.2, 0.25) is 0 Å². The van der Waals surface area contributed by atoms with Crippen molar-refractivity contribution in [1.82, 2.24) is 10.1 Å². The molecule has 0 aliphatic rings. The van der Waals surface area contributed by atoms with Gasteiger partial charge in [0.2, 0.25) is 5.89 Å². The first-order valence-corrected chi connectivity index (χ1v) is 5.73. The summed E-state index contributed by atoms with van der Waals surface area (Å²) in [6.45, 7) is -1.74. The first-order valence-electron chi connectivity index (χ1n) is 5.73. The molecule has 1 aromatic heterocycles. The maximum Gasteiger partial charge on any atom is 0.411 e. The molecule has 0 unspecified atom stereocenters. The molecular weight excluding hydrogens is 275 g/mol. The van der Waals surface area contributed by atoms with E-state index in [1.165, 1.54) is 0 Å². The normalized spacial score (nSPS) is 13.4. The number of nitrogens with two attached hydrogens (primary N) is 1. The standard InChI is InChI=1S/C12H12F3N3O2/c13-12(14,15)7-19-6-9-17-11(20-18-9)10(16)8-4-2-1-3-5-8/h1-5,10H,6-7,16H2/t10-/m0/s1. The van der Waals surface area contributed by atoms with Crippen LogP contribution >= 0.6 is 0 Å². The second kappa shape index (κ2) is 6.02. The van der Waals surface area contributed by atoms with Crippen LogP contribution in [0.15, 0.2) is 34.9 Å². The van der Waals surface area contributed by atoms with Crippen LogP contribution in [-0.4, -0.2) is 22.9 Å². The number of benzene rings is 1. The molecule has 0 saturated heterocycles. The highest BCUT2D eigenvalue weighted by atomic mass is 19.4. The summed E-state index contributed by atoms with van der Waals surface area (Å²) in [5, 5.41) is 3.52. The smallest absolute Gasteiger partial charge is 0.364 e. The van der Waals surface area contributed by atoms with Crippen molar-refractivity contribution in [2.24, 2.45) is 5.73 Å². The van der Waals surface area contributed by atoms with Gasteiger partial charge in [-0.2, -0.15) is 18.2 Å². The molecule has 20 heavy (non-hydrogen) atoms. The molecule has 0 spiro atoms. The van der Waals surface area contributed by atoms with Gasteiger partial charge in [0.05, 0.1) is 0 Å². The summed E-state index contributed by atoms with van der Waals surface area (Å²) in [5.74, 6) is 0.150. The quantitative estimate of drug-likeness (QED) is 0.912. The van der Waals surface area contributed by atoms with Crippen molar-refractivity contribution in [3.8, 4) is 0 Å². The maximum atomic E-state index is 11.9. The molecule has 0 saturated carbocycles. The molecule has 0 bridgehead atoms. The fraction of sp³-hybridized carbons (Fsp3) is 0.333. The molecule has 0 fully saturated rings. The number of nitrogens with zero attached hydrogens (tertiary/aromatic N) is 2. The summed E-state index contributed by atoms with van der Waals surface area (Å²) in [7, 11) is 0. The molecule has 1 atom stereocenters. The molecule has 1 aromatic carbocycles. The first kappa shape index (κ1) is 14.5. The number of hydrogen-bond acceptors (Lipinski definition) is 5. The van der Waals surface area contributed by atoms with Gasteiger partial charge in [-0.1, -0.05) is 35.5 Å². The molecule has 0 aliphatic carbocycles. The largest absolute Gasteiger partial charge is 0.411 e. The fourth-order valence-corrected chi connectivity index (χ4v) is 1.51. The number of aromatic nitrogens is 2. The Kier molecular flexibility index (Phi) is 4.35. The number of rotatable bonds is 5. The van der Waals surface area contributed by atoms with E-state index in [2.05, 4.69) is 14.9 Å². The van der Waals surface area contributed by atoms with Gasteiger partial charge in [0.1, 0.15) is 19.3 Å². The van der Waals surface area contributed by atoms with Crippen LogP contribution in [0.25, 0.3) is 0 Å². The van der Waals surface area contributed by atoms with Gasteiger partial charge >= 0.3 is 6.18 Å². The van der Waals surface area contributed by atoms with E-state index in [0.29, 0.717) is 0 Å². The zero-order valence-corrected chi connectivity index (χ0v) is 10.3. The predicted octanol–water partition coefficient (Wildman–Crippen LogP) is 2.20.